The number of nitrogen functional groups attached to an aromatic ring is 1. The maximum Gasteiger partial charge on any atom is 0.273 e. The summed E-state index contributed by atoms with van der Waals surface area (Å²) in [5.74, 6) is 0.528. The molecule has 174 valence electrons. The predicted octanol–water partition coefficient (Wildman–Crippen LogP) is 3.51. The van der Waals surface area contributed by atoms with Crippen LogP contribution >= 0.6 is 0 Å². The van der Waals surface area contributed by atoms with Gasteiger partial charge in [-0.25, -0.2) is 15.0 Å². The van der Waals surface area contributed by atoms with Crippen LogP contribution in [0.5, 0.6) is 0 Å². The number of para-hydroxylation sites is 2. The number of hydrogen-bond acceptors (Lipinski definition) is 7. The van der Waals surface area contributed by atoms with Gasteiger partial charge in [-0.05, 0) is 44.2 Å². The molecule has 0 saturated carbocycles. The second kappa shape index (κ2) is 10.3. The number of rotatable bonds is 8. The Morgan fingerprint density at radius 3 is 2.56 bits per heavy atom. The van der Waals surface area contributed by atoms with E-state index >= 15 is 0 Å². The Morgan fingerprint density at radius 2 is 1.79 bits per heavy atom. The molecule has 4 rings (SSSR count). The van der Waals surface area contributed by atoms with Crippen LogP contribution in [0.1, 0.15) is 27.2 Å². The van der Waals surface area contributed by atoms with Crippen molar-refractivity contribution >= 4 is 34.1 Å². The fourth-order valence-electron chi connectivity index (χ4n) is 3.96. The SMILES string of the molecule is CNCCN(c1ccccc1C)c1nc2c(C)cccc2cc1CNC(=O)c1nccnc1N. The maximum atomic E-state index is 12.8. The lowest BCUT2D eigenvalue weighted by molar-refractivity contribution is 0.0946. The van der Waals surface area contributed by atoms with E-state index in [4.69, 9.17) is 10.7 Å². The van der Waals surface area contributed by atoms with E-state index in [1.807, 2.05) is 31.3 Å². The molecule has 0 radical (unpaired) electrons. The van der Waals surface area contributed by atoms with Crippen molar-refractivity contribution in [2.24, 2.45) is 0 Å². The molecule has 2 heterocycles. The molecule has 0 spiro atoms. The van der Waals surface area contributed by atoms with Gasteiger partial charge < -0.3 is 21.3 Å². The first-order valence-corrected chi connectivity index (χ1v) is 11.2. The molecule has 0 unspecified atom stereocenters. The number of likely N-dealkylation sites (N-methyl/N-ethyl adjacent to an activating group) is 1. The van der Waals surface area contributed by atoms with Crippen LogP contribution in [-0.2, 0) is 6.54 Å². The minimum absolute atomic E-state index is 0.100. The van der Waals surface area contributed by atoms with Crippen LogP contribution in [-0.4, -0.2) is 41.0 Å². The molecule has 0 aliphatic carbocycles. The lowest BCUT2D eigenvalue weighted by Crippen LogP contribution is -2.31. The van der Waals surface area contributed by atoms with E-state index in [1.54, 1.807) is 0 Å². The Hall–Kier alpha value is -4.04. The number of aryl methyl sites for hydroxylation is 2. The Kier molecular flexibility index (Phi) is 6.98. The summed E-state index contributed by atoms with van der Waals surface area (Å²) in [6.45, 7) is 5.89. The lowest BCUT2D eigenvalue weighted by Gasteiger charge is -2.28. The van der Waals surface area contributed by atoms with Crippen LogP contribution in [0, 0.1) is 13.8 Å². The molecule has 0 saturated heterocycles. The summed E-state index contributed by atoms with van der Waals surface area (Å²) < 4.78 is 0. The van der Waals surface area contributed by atoms with Gasteiger partial charge in [0.2, 0.25) is 0 Å². The topological polar surface area (TPSA) is 109 Å². The van der Waals surface area contributed by atoms with Crippen LogP contribution in [0.25, 0.3) is 10.9 Å². The van der Waals surface area contributed by atoms with Crippen LogP contribution in [0.3, 0.4) is 0 Å². The van der Waals surface area contributed by atoms with Gasteiger partial charge in [-0.2, -0.15) is 0 Å². The van der Waals surface area contributed by atoms with Crippen molar-refractivity contribution in [3.63, 3.8) is 0 Å². The molecule has 0 bridgehead atoms. The van der Waals surface area contributed by atoms with Crippen molar-refractivity contribution < 1.29 is 4.79 Å². The monoisotopic (exact) mass is 455 g/mol. The molecule has 0 aliphatic heterocycles. The number of nitrogens with zero attached hydrogens (tertiary/aromatic N) is 4. The van der Waals surface area contributed by atoms with Gasteiger partial charge in [0.25, 0.3) is 5.91 Å². The number of carbonyl (C=O) groups excluding carboxylic acids is 1. The molecule has 8 nitrogen and oxygen atoms in total. The second-order valence-electron chi connectivity index (χ2n) is 8.13. The van der Waals surface area contributed by atoms with E-state index in [-0.39, 0.29) is 24.0 Å². The normalized spacial score (nSPS) is 10.9. The Labute approximate surface area is 199 Å². The van der Waals surface area contributed by atoms with E-state index in [0.717, 1.165) is 45.6 Å². The summed E-state index contributed by atoms with van der Waals surface area (Å²) in [4.78, 5) is 28.1. The van der Waals surface area contributed by atoms with Crippen molar-refractivity contribution in [1.29, 1.82) is 0 Å². The van der Waals surface area contributed by atoms with Gasteiger partial charge in [0.05, 0.1) is 5.52 Å². The maximum absolute atomic E-state index is 12.8. The van der Waals surface area contributed by atoms with Crippen LogP contribution < -0.4 is 21.3 Å². The number of pyridine rings is 1. The summed E-state index contributed by atoms with van der Waals surface area (Å²) in [7, 11) is 1.93. The number of nitrogens with two attached hydrogens (primary N) is 1. The Balaban J connectivity index is 1.79. The van der Waals surface area contributed by atoms with Crippen molar-refractivity contribution in [1.82, 2.24) is 25.6 Å². The number of carbonyl (C=O) groups is 1. The van der Waals surface area contributed by atoms with E-state index < -0.39 is 0 Å². The van der Waals surface area contributed by atoms with Gasteiger partial charge >= 0.3 is 0 Å². The first-order valence-electron chi connectivity index (χ1n) is 11.2. The molecule has 2 aromatic heterocycles. The number of hydrogen-bond donors (Lipinski definition) is 3. The number of benzene rings is 2. The van der Waals surface area contributed by atoms with E-state index in [9.17, 15) is 4.79 Å². The molecular formula is C26H29N7O. The van der Waals surface area contributed by atoms with Gasteiger partial charge in [-0.15, -0.1) is 0 Å². The number of amides is 1. The Bertz CT molecular complexity index is 1320. The standard InChI is InChI=1S/C26H29N7O/c1-17-7-4-5-10-21(17)33(14-13-28-3)25-20(15-19-9-6-8-18(2)22(19)32-25)16-31-26(34)23-24(27)30-12-11-29-23/h4-12,15,28H,13-14,16H2,1-3H3,(H2,27,30)(H,31,34). The van der Waals surface area contributed by atoms with Crippen molar-refractivity contribution in [2.45, 2.75) is 20.4 Å². The fourth-order valence-corrected chi connectivity index (χ4v) is 3.96. The quantitative estimate of drug-likeness (QED) is 0.373. The molecule has 8 heteroatoms. The second-order valence-corrected chi connectivity index (χ2v) is 8.13. The van der Waals surface area contributed by atoms with E-state index in [1.165, 1.54) is 12.4 Å². The molecule has 0 aliphatic rings. The predicted molar refractivity (Wildman–Crippen MR) is 136 cm³/mol. The summed E-state index contributed by atoms with van der Waals surface area (Å²) in [6.07, 6.45) is 2.91. The number of anilines is 3. The molecule has 4 N–H and O–H groups in total. The van der Waals surface area contributed by atoms with Crippen LogP contribution in [0.2, 0.25) is 0 Å². The molecular weight excluding hydrogens is 426 g/mol. The van der Waals surface area contributed by atoms with Gasteiger partial charge in [0.1, 0.15) is 5.82 Å². The largest absolute Gasteiger partial charge is 0.382 e. The minimum atomic E-state index is -0.376. The summed E-state index contributed by atoms with van der Waals surface area (Å²) >= 11 is 0. The molecule has 0 atom stereocenters. The van der Waals surface area contributed by atoms with Crippen LogP contribution in [0.15, 0.2) is 60.9 Å². The third-order valence-electron chi connectivity index (χ3n) is 5.73. The first-order chi connectivity index (χ1) is 16.5. The third kappa shape index (κ3) is 4.82. The van der Waals surface area contributed by atoms with Gasteiger partial charge in [-0.1, -0.05) is 36.4 Å². The van der Waals surface area contributed by atoms with Gasteiger partial charge in [-0.3, -0.25) is 4.79 Å². The highest BCUT2D eigenvalue weighted by Gasteiger charge is 2.20. The summed E-state index contributed by atoms with van der Waals surface area (Å²) in [5, 5.41) is 7.20. The number of aromatic nitrogens is 3. The third-order valence-corrected chi connectivity index (χ3v) is 5.73. The molecule has 34 heavy (non-hydrogen) atoms. The lowest BCUT2D eigenvalue weighted by atomic mass is 10.1. The van der Waals surface area contributed by atoms with E-state index in [0.29, 0.717) is 6.54 Å². The zero-order valence-corrected chi connectivity index (χ0v) is 19.7. The van der Waals surface area contributed by atoms with Crippen molar-refractivity contribution in [2.75, 3.05) is 30.8 Å². The Morgan fingerprint density at radius 1 is 1.03 bits per heavy atom. The highest BCUT2D eigenvalue weighted by atomic mass is 16.1. The zero-order valence-electron chi connectivity index (χ0n) is 19.7. The van der Waals surface area contributed by atoms with E-state index in [2.05, 4.69) is 63.6 Å². The highest BCUT2D eigenvalue weighted by molar-refractivity contribution is 5.96. The molecule has 4 aromatic rings. The molecule has 0 fully saturated rings. The minimum Gasteiger partial charge on any atom is -0.382 e. The molecule has 2 aromatic carbocycles. The van der Waals surface area contributed by atoms with Gasteiger partial charge in [0.15, 0.2) is 11.5 Å². The highest BCUT2D eigenvalue weighted by Crippen LogP contribution is 2.32. The average molecular weight is 456 g/mol. The van der Waals surface area contributed by atoms with Crippen molar-refractivity contribution in [3.8, 4) is 0 Å². The zero-order chi connectivity index (χ0) is 24.1. The first kappa shape index (κ1) is 23.1. The molecule has 1 amide bonds. The smallest absolute Gasteiger partial charge is 0.273 e. The van der Waals surface area contributed by atoms with Crippen LogP contribution in [0.4, 0.5) is 17.3 Å². The van der Waals surface area contributed by atoms with Gasteiger partial charge in [0, 0.05) is 48.7 Å². The average Bonchev–Trinajstić information content (AvgIpc) is 2.84. The number of fused-ring (bicyclic) bond motifs is 1. The summed E-state index contributed by atoms with van der Waals surface area (Å²) in [6, 6.07) is 16.4. The summed E-state index contributed by atoms with van der Waals surface area (Å²) in [5.41, 5.74) is 11.1. The number of nitrogens with one attached hydrogen (secondary N) is 2. The van der Waals surface area contributed by atoms with Crippen molar-refractivity contribution in [3.05, 3.63) is 83.3 Å². The fraction of sp³-hybridized carbons (Fsp3) is 0.231.